The first-order valence-electron chi connectivity index (χ1n) is 8.46. The molecule has 0 radical (unpaired) electrons. The molecule has 4 rings (SSSR count). The summed E-state index contributed by atoms with van der Waals surface area (Å²) >= 11 is 0. The lowest BCUT2D eigenvalue weighted by atomic mass is 10.0. The fourth-order valence-corrected chi connectivity index (χ4v) is 3.43. The highest BCUT2D eigenvalue weighted by Crippen LogP contribution is 2.18. The molecule has 126 valence electrons. The summed E-state index contributed by atoms with van der Waals surface area (Å²) in [6, 6.07) is 4.20. The molecule has 0 unspecified atom stereocenters. The van der Waals surface area contributed by atoms with Crippen LogP contribution in [0.3, 0.4) is 0 Å². The van der Waals surface area contributed by atoms with Gasteiger partial charge in [-0.25, -0.2) is 4.98 Å². The van der Waals surface area contributed by atoms with Crippen LogP contribution in [-0.2, 0) is 24.8 Å². The maximum Gasteiger partial charge on any atom is 0.122 e. The fourth-order valence-electron chi connectivity index (χ4n) is 3.43. The van der Waals surface area contributed by atoms with Crippen LogP contribution in [0, 0.1) is 5.92 Å². The summed E-state index contributed by atoms with van der Waals surface area (Å²) in [5.41, 5.74) is 2.34. The van der Waals surface area contributed by atoms with Gasteiger partial charge >= 0.3 is 0 Å². The highest BCUT2D eigenvalue weighted by Gasteiger charge is 2.21. The molecule has 6 heteroatoms. The first-order chi connectivity index (χ1) is 11.8. The van der Waals surface area contributed by atoms with Crippen LogP contribution < -0.4 is 0 Å². The highest BCUT2D eigenvalue weighted by molar-refractivity contribution is 5.52. The van der Waals surface area contributed by atoms with Crippen molar-refractivity contribution in [1.29, 1.82) is 0 Å². The minimum atomic E-state index is 0.446. The molecule has 4 heterocycles. The third-order valence-corrected chi connectivity index (χ3v) is 4.72. The molecule has 3 aromatic rings. The summed E-state index contributed by atoms with van der Waals surface area (Å²) < 4.78 is 10.1. The van der Waals surface area contributed by atoms with E-state index in [4.69, 9.17) is 4.74 Å². The first kappa shape index (κ1) is 15.4. The van der Waals surface area contributed by atoms with Crippen molar-refractivity contribution in [3.63, 3.8) is 0 Å². The number of nitrogens with zero attached hydrogens (tertiary/aromatic N) is 5. The molecule has 0 aliphatic carbocycles. The van der Waals surface area contributed by atoms with E-state index in [2.05, 4.69) is 42.2 Å². The predicted molar refractivity (Wildman–Crippen MR) is 91.7 cm³/mol. The van der Waals surface area contributed by atoms with Crippen LogP contribution >= 0.6 is 0 Å². The van der Waals surface area contributed by atoms with Crippen molar-refractivity contribution in [2.45, 2.75) is 13.0 Å². The van der Waals surface area contributed by atoms with Crippen molar-refractivity contribution >= 4 is 5.52 Å². The zero-order valence-corrected chi connectivity index (χ0v) is 14.0. The van der Waals surface area contributed by atoms with Crippen molar-refractivity contribution < 1.29 is 4.74 Å². The summed E-state index contributed by atoms with van der Waals surface area (Å²) in [5.74, 6) is 1.55. The molecular formula is C18H23N5O. The van der Waals surface area contributed by atoms with Crippen LogP contribution in [0.4, 0.5) is 0 Å². The van der Waals surface area contributed by atoms with Gasteiger partial charge in [-0.2, -0.15) is 0 Å². The quantitative estimate of drug-likeness (QED) is 0.733. The maximum atomic E-state index is 5.85. The number of aromatic nitrogens is 4. The lowest BCUT2D eigenvalue weighted by molar-refractivity contribution is 0.121. The van der Waals surface area contributed by atoms with E-state index in [1.54, 1.807) is 0 Å². The molecule has 0 bridgehead atoms. The van der Waals surface area contributed by atoms with Gasteiger partial charge in [0.25, 0.3) is 0 Å². The van der Waals surface area contributed by atoms with Crippen molar-refractivity contribution in [3.8, 4) is 0 Å². The van der Waals surface area contributed by atoms with Crippen molar-refractivity contribution in [2.24, 2.45) is 13.0 Å². The van der Waals surface area contributed by atoms with E-state index < -0.39 is 0 Å². The molecule has 6 nitrogen and oxygen atoms in total. The Morgan fingerprint density at radius 1 is 1.21 bits per heavy atom. The molecule has 1 fully saturated rings. The summed E-state index contributed by atoms with van der Waals surface area (Å²) in [6.07, 6.45) is 10.7. The van der Waals surface area contributed by atoms with Crippen LogP contribution in [0.1, 0.15) is 11.5 Å². The molecule has 0 amide bonds. The Morgan fingerprint density at radius 3 is 3.00 bits per heavy atom. The molecule has 3 aromatic heterocycles. The number of aryl methyl sites for hydroxylation is 1. The van der Waals surface area contributed by atoms with E-state index in [0.717, 1.165) is 50.8 Å². The van der Waals surface area contributed by atoms with Gasteiger partial charge < -0.3 is 13.7 Å². The third-order valence-electron chi connectivity index (χ3n) is 4.72. The van der Waals surface area contributed by atoms with Crippen molar-refractivity contribution in [3.05, 3.63) is 54.6 Å². The second kappa shape index (κ2) is 6.75. The standard InChI is InChI=1S/C18H23N5O/c1-21-7-4-20-18(21)13-22-9-10-24-14-15(12-22)11-16-17-3-2-6-23(17)8-5-19-16/h2-8,15H,9-14H2,1H3/t15-/m0/s1. The minimum absolute atomic E-state index is 0.446. The third kappa shape index (κ3) is 3.20. The zero-order valence-electron chi connectivity index (χ0n) is 14.0. The summed E-state index contributed by atoms with van der Waals surface area (Å²) in [5, 5.41) is 0. The Morgan fingerprint density at radius 2 is 2.12 bits per heavy atom. The SMILES string of the molecule is Cn1ccnc1CN1CCOC[C@@H](Cc2nccn3cccc23)C1. The maximum absolute atomic E-state index is 5.85. The molecule has 1 aliphatic rings. The number of hydrogen-bond acceptors (Lipinski definition) is 4. The number of imidazole rings is 1. The predicted octanol–water partition coefficient (Wildman–Crippen LogP) is 1.76. The Bertz CT molecular complexity index is 808. The average molecular weight is 325 g/mol. The Kier molecular flexibility index (Phi) is 4.32. The van der Waals surface area contributed by atoms with Gasteiger partial charge in [-0.1, -0.05) is 0 Å². The van der Waals surface area contributed by atoms with Gasteiger partial charge in [0.05, 0.1) is 31.0 Å². The number of ether oxygens (including phenoxy) is 1. The Labute approximate surface area is 141 Å². The van der Waals surface area contributed by atoms with Crippen LogP contribution in [0.2, 0.25) is 0 Å². The van der Waals surface area contributed by atoms with E-state index in [9.17, 15) is 0 Å². The molecule has 1 atom stereocenters. The first-order valence-corrected chi connectivity index (χ1v) is 8.46. The lowest BCUT2D eigenvalue weighted by Gasteiger charge is -2.23. The molecule has 1 saturated heterocycles. The number of rotatable bonds is 4. The van der Waals surface area contributed by atoms with Crippen LogP contribution in [-0.4, -0.2) is 50.1 Å². The molecule has 0 aromatic carbocycles. The van der Waals surface area contributed by atoms with Gasteiger partial charge in [0.2, 0.25) is 0 Å². The van der Waals surface area contributed by atoms with Crippen molar-refractivity contribution in [2.75, 3.05) is 26.3 Å². The van der Waals surface area contributed by atoms with Crippen LogP contribution in [0.25, 0.3) is 5.52 Å². The topological polar surface area (TPSA) is 47.6 Å². The normalized spacial score (nSPS) is 19.6. The van der Waals surface area contributed by atoms with Gasteiger partial charge in [-0.05, 0) is 18.6 Å². The van der Waals surface area contributed by atoms with E-state index in [1.807, 2.05) is 31.8 Å². The van der Waals surface area contributed by atoms with Crippen molar-refractivity contribution in [1.82, 2.24) is 23.8 Å². The smallest absolute Gasteiger partial charge is 0.122 e. The molecule has 1 aliphatic heterocycles. The van der Waals surface area contributed by atoms with Gasteiger partial charge in [-0.15, -0.1) is 0 Å². The van der Waals surface area contributed by atoms with Gasteiger partial charge in [0.15, 0.2) is 0 Å². The van der Waals surface area contributed by atoms with E-state index >= 15 is 0 Å². The Hall–Kier alpha value is -2.18. The molecular weight excluding hydrogens is 302 g/mol. The molecule has 24 heavy (non-hydrogen) atoms. The van der Waals surface area contributed by atoms with E-state index in [0.29, 0.717) is 5.92 Å². The lowest BCUT2D eigenvalue weighted by Crippen LogP contribution is -2.31. The van der Waals surface area contributed by atoms with Crippen LogP contribution in [0.5, 0.6) is 0 Å². The van der Waals surface area contributed by atoms with E-state index in [-0.39, 0.29) is 0 Å². The number of fused-ring (bicyclic) bond motifs is 1. The van der Waals surface area contributed by atoms with Gasteiger partial charge in [-0.3, -0.25) is 9.88 Å². The summed E-state index contributed by atoms with van der Waals surface area (Å²) in [4.78, 5) is 11.5. The van der Waals surface area contributed by atoms with Crippen LogP contribution in [0.15, 0.2) is 43.1 Å². The van der Waals surface area contributed by atoms with Gasteiger partial charge in [0.1, 0.15) is 5.82 Å². The molecule has 0 spiro atoms. The monoisotopic (exact) mass is 325 g/mol. The van der Waals surface area contributed by atoms with Gasteiger partial charge in [0, 0.05) is 57.0 Å². The summed E-state index contributed by atoms with van der Waals surface area (Å²) in [6.45, 7) is 4.40. The second-order valence-electron chi connectivity index (χ2n) is 6.51. The fraction of sp³-hybridized carbons (Fsp3) is 0.444. The Balaban J connectivity index is 1.48. The zero-order chi connectivity index (χ0) is 16.4. The average Bonchev–Trinajstić information content (AvgIpc) is 3.15. The molecule has 0 N–H and O–H groups in total. The van der Waals surface area contributed by atoms with E-state index in [1.165, 1.54) is 5.52 Å². The number of hydrogen-bond donors (Lipinski definition) is 0. The largest absolute Gasteiger partial charge is 0.380 e. The highest BCUT2D eigenvalue weighted by atomic mass is 16.5. The second-order valence-corrected chi connectivity index (χ2v) is 6.51. The molecule has 0 saturated carbocycles. The summed E-state index contributed by atoms with van der Waals surface area (Å²) in [7, 11) is 2.05. The minimum Gasteiger partial charge on any atom is -0.380 e.